The SMILES string of the molecule is Cc1ccccc1S(=O)(=O)N(C)CCN1CCCCC1. The van der Waals surface area contributed by atoms with Crippen LogP contribution in [-0.4, -0.2) is 50.8 Å². The van der Waals surface area contributed by atoms with Crippen LogP contribution in [0.15, 0.2) is 29.2 Å². The summed E-state index contributed by atoms with van der Waals surface area (Å²) in [5.41, 5.74) is 0.803. The molecule has 1 heterocycles. The average molecular weight is 296 g/mol. The second-order valence-corrected chi connectivity index (χ2v) is 7.51. The molecule has 0 N–H and O–H groups in total. The van der Waals surface area contributed by atoms with Gasteiger partial charge in [0.1, 0.15) is 0 Å². The number of rotatable bonds is 5. The van der Waals surface area contributed by atoms with E-state index in [1.165, 1.54) is 23.6 Å². The molecule has 1 fully saturated rings. The second-order valence-electron chi connectivity index (χ2n) is 5.49. The third-order valence-corrected chi connectivity index (χ3v) is 5.98. The van der Waals surface area contributed by atoms with Gasteiger partial charge in [-0.15, -0.1) is 0 Å². The molecule has 0 spiro atoms. The first-order valence-electron chi connectivity index (χ1n) is 7.26. The molecule has 0 saturated carbocycles. The van der Waals surface area contributed by atoms with Crippen molar-refractivity contribution in [1.82, 2.24) is 9.21 Å². The molecular formula is C15H24N2O2S. The molecule has 5 heteroatoms. The van der Waals surface area contributed by atoms with E-state index in [1.807, 2.05) is 19.1 Å². The maximum Gasteiger partial charge on any atom is 0.243 e. The summed E-state index contributed by atoms with van der Waals surface area (Å²) in [7, 11) is -1.69. The molecule has 1 aromatic carbocycles. The Balaban J connectivity index is 2.00. The van der Waals surface area contributed by atoms with Crippen LogP contribution in [0.5, 0.6) is 0 Å². The molecule has 0 atom stereocenters. The van der Waals surface area contributed by atoms with E-state index in [0.717, 1.165) is 25.2 Å². The minimum absolute atomic E-state index is 0.418. The van der Waals surface area contributed by atoms with Crippen LogP contribution in [0.3, 0.4) is 0 Å². The first-order valence-corrected chi connectivity index (χ1v) is 8.70. The lowest BCUT2D eigenvalue weighted by molar-refractivity contribution is 0.218. The van der Waals surface area contributed by atoms with Gasteiger partial charge in [0.25, 0.3) is 0 Å². The predicted octanol–water partition coefficient (Wildman–Crippen LogP) is 2.10. The molecule has 0 aromatic heterocycles. The van der Waals surface area contributed by atoms with E-state index in [4.69, 9.17) is 0 Å². The summed E-state index contributed by atoms with van der Waals surface area (Å²) < 4.78 is 26.5. The number of hydrogen-bond donors (Lipinski definition) is 0. The van der Waals surface area contributed by atoms with Crippen LogP contribution in [0.25, 0.3) is 0 Å². The minimum atomic E-state index is -3.36. The van der Waals surface area contributed by atoms with Crippen molar-refractivity contribution in [2.75, 3.05) is 33.2 Å². The standard InChI is InChI=1S/C15H24N2O2S/c1-14-8-4-5-9-15(14)20(18,19)16(2)12-13-17-10-6-3-7-11-17/h4-5,8-9H,3,6-7,10-13H2,1-2H3. The predicted molar refractivity (Wildman–Crippen MR) is 81.3 cm³/mol. The van der Waals surface area contributed by atoms with Gasteiger partial charge in [-0.25, -0.2) is 8.42 Å². The molecule has 2 rings (SSSR count). The van der Waals surface area contributed by atoms with E-state index in [2.05, 4.69) is 4.90 Å². The molecule has 0 aliphatic carbocycles. The fraction of sp³-hybridized carbons (Fsp3) is 0.600. The van der Waals surface area contributed by atoms with Crippen molar-refractivity contribution in [3.8, 4) is 0 Å². The van der Waals surface area contributed by atoms with Gasteiger partial charge in [-0.05, 0) is 44.5 Å². The normalized spacial score (nSPS) is 17.6. The van der Waals surface area contributed by atoms with Crippen LogP contribution >= 0.6 is 0 Å². The molecule has 1 aliphatic rings. The summed E-state index contributed by atoms with van der Waals surface area (Å²) in [5.74, 6) is 0. The van der Waals surface area contributed by atoms with Gasteiger partial charge in [-0.2, -0.15) is 4.31 Å². The van der Waals surface area contributed by atoms with Crippen molar-refractivity contribution in [3.63, 3.8) is 0 Å². The van der Waals surface area contributed by atoms with E-state index in [1.54, 1.807) is 19.2 Å². The lowest BCUT2D eigenvalue weighted by atomic mass is 10.1. The number of nitrogens with zero attached hydrogens (tertiary/aromatic N) is 2. The number of sulfonamides is 1. The van der Waals surface area contributed by atoms with E-state index in [9.17, 15) is 8.42 Å². The maximum absolute atomic E-state index is 12.5. The van der Waals surface area contributed by atoms with Gasteiger partial charge in [-0.1, -0.05) is 24.6 Å². The van der Waals surface area contributed by atoms with Crippen LogP contribution in [0.4, 0.5) is 0 Å². The van der Waals surface area contributed by atoms with E-state index < -0.39 is 10.0 Å². The lowest BCUT2D eigenvalue weighted by Crippen LogP contribution is -2.38. The molecule has 0 radical (unpaired) electrons. The Hall–Kier alpha value is -0.910. The highest BCUT2D eigenvalue weighted by Gasteiger charge is 2.22. The van der Waals surface area contributed by atoms with Crippen molar-refractivity contribution in [3.05, 3.63) is 29.8 Å². The zero-order chi connectivity index (χ0) is 14.6. The maximum atomic E-state index is 12.5. The number of benzene rings is 1. The Bertz CT molecular complexity index is 537. The Labute approximate surface area is 122 Å². The third-order valence-electron chi connectivity index (χ3n) is 3.96. The van der Waals surface area contributed by atoms with Gasteiger partial charge < -0.3 is 4.90 Å². The van der Waals surface area contributed by atoms with Gasteiger partial charge in [0.2, 0.25) is 10.0 Å². The number of likely N-dealkylation sites (N-methyl/N-ethyl adjacent to an activating group) is 1. The molecular weight excluding hydrogens is 272 g/mol. The summed E-state index contributed by atoms with van der Waals surface area (Å²) in [6, 6.07) is 7.16. The quantitative estimate of drug-likeness (QED) is 0.835. The topological polar surface area (TPSA) is 40.6 Å². The number of piperidine rings is 1. The Morgan fingerprint density at radius 3 is 2.45 bits per heavy atom. The molecule has 1 aromatic rings. The van der Waals surface area contributed by atoms with Crippen molar-refractivity contribution in [2.45, 2.75) is 31.1 Å². The van der Waals surface area contributed by atoms with Gasteiger partial charge in [-0.3, -0.25) is 0 Å². The Morgan fingerprint density at radius 2 is 1.80 bits per heavy atom. The van der Waals surface area contributed by atoms with Crippen LogP contribution < -0.4 is 0 Å². The van der Waals surface area contributed by atoms with Crippen LogP contribution in [0, 0.1) is 6.92 Å². The summed E-state index contributed by atoms with van der Waals surface area (Å²) in [6.07, 6.45) is 3.76. The molecule has 0 amide bonds. The van der Waals surface area contributed by atoms with Gasteiger partial charge in [0, 0.05) is 20.1 Å². The fourth-order valence-corrected chi connectivity index (χ4v) is 3.98. The molecule has 112 valence electrons. The van der Waals surface area contributed by atoms with Gasteiger partial charge in [0.05, 0.1) is 4.90 Å². The number of hydrogen-bond acceptors (Lipinski definition) is 3. The van der Waals surface area contributed by atoms with Crippen LogP contribution in [-0.2, 0) is 10.0 Å². The highest BCUT2D eigenvalue weighted by molar-refractivity contribution is 7.89. The molecule has 0 bridgehead atoms. The largest absolute Gasteiger partial charge is 0.302 e. The molecule has 1 aliphatic heterocycles. The summed E-state index contributed by atoms with van der Waals surface area (Å²) in [5, 5.41) is 0. The van der Waals surface area contributed by atoms with Gasteiger partial charge >= 0.3 is 0 Å². The number of likely N-dealkylation sites (tertiary alicyclic amines) is 1. The van der Waals surface area contributed by atoms with E-state index in [0.29, 0.717) is 11.4 Å². The first-order chi connectivity index (χ1) is 9.51. The number of aryl methyl sites for hydroxylation is 1. The Kier molecular flexibility index (Phi) is 5.18. The highest BCUT2D eigenvalue weighted by atomic mass is 32.2. The zero-order valence-corrected chi connectivity index (χ0v) is 13.2. The minimum Gasteiger partial charge on any atom is -0.302 e. The molecule has 20 heavy (non-hydrogen) atoms. The summed E-state index contributed by atoms with van der Waals surface area (Å²) >= 11 is 0. The van der Waals surface area contributed by atoms with Crippen molar-refractivity contribution < 1.29 is 8.42 Å². The van der Waals surface area contributed by atoms with Crippen LogP contribution in [0.1, 0.15) is 24.8 Å². The fourth-order valence-electron chi connectivity index (χ4n) is 2.60. The summed E-state index contributed by atoms with van der Waals surface area (Å²) in [6.45, 7) is 5.40. The van der Waals surface area contributed by atoms with Crippen molar-refractivity contribution in [1.29, 1.82) is 0 Å². The molecule has 1 saturated heterocycles. The van der Waals surface area contributed by atoms with Crippen molar-refractivity contribution >= 4 is 10.0 Å². The zero-order valence-electron chi connectivity index (χ0n) is 12.4. The smallest absolute Gasteiger partial charge is 0.243 e. The third kappa shape index (κ3) is 3.59. The monoisotopic (exact) mass is 296 g/mol. The average Bonchev–Trinajstić information content (AvgIpc) is 2.46. The first kappa shape index (κ1) is 15.5. The van der Waals surface area contributed by atoms with E-state index in [-0.39, 0.29) is 0 Å². The van der Waals surface area contributed by atoms with E-state index >= 15 is 0 Å². The highest BCUT2D eigenvalue weighted by Crippen LogP contribution is 2.18. The summed E-state index contributed by atoms with van der Waals surface area (Å²) in [4.78, 5) is 2.77. The molecule has 4 nitrogen and oxygen atoms in total. The molecule has 0 unspecified atom stereocenters. The lowest BCUT2D eigenvalue weighted by Gasteiger charge is -2.28. The van der Waals surface area contributed by atoms with Crippen LogP contribution in [0.2, 0.25) is 0 Å². The Morgan fingerprint density at radius 1 is 1.15 bits per heavy atom. The second kappa shape index (κ2) is 6.70. The van der Waals surface area contributed by atoms with Crippen molar-refractivity contribution in [2.24, 2.45) is 0 Å². The van der Waals surface area contributed by atoms with Gasteiger partial charge in [0.15, 0.2) is 0 Å².